The second kappa shape index (κ2) is 12.3. The zero-order valence-corrected chi connectivity index (χ0v) is 16.6. The minimum absolute atomic E-state index is 0.102. The van der Waals surface area contributed by atoms with Crippen LogP contribution in [0.3, 0.4) is 0 Å². The molecule has 0 N–H and O–H groups in total. The van der Waals surface area contributed by atoms with Crippen LogP contribution >= 0.6 is 0 Å². The van der Waals surface area contributed by atoms with E-state index in [2.05, 4.69) is 9.47 Å². The molecule has 0 heterocycles. The average Bonchev–Trinajstić information content (AvgIpc) is 2.66. The predicted octanol–water partition coefficient (Wildman–Crippen LogP) is 3.51. The Bertz CT molecular complexity index is 734. The van der Waals surface area contributed by atoms with E-state index in [4.69, 9.17) is 0 Å². The molecule has 0 fully saturated rings. The molecule has 0 saturated heterocycles. The van der Waals surface area contributed by atoms with Crippen LogP contribution in [0.5, 0.6) is 0 Å². The summed E-state index contributed by atoms with van der Waals surface area (Å²) in [6.45, 7) is 6.48. The lowest BCUT2D eigenvalue weighted by Gasteiger charge is -2.29. The summed E-state index contributed by atoms with van der Waals surface area (Å²) in [5.41, 5.74) is -0.102. The molecule has 1 aromatic rings. The fourth-order valence-corrected chi connectivity index (χ4v) is 1.85. The van der Waals surface area contributed by atoms with Gasteiger partial charge in [-0.05, 0) is 12.1 Å². The summed E-state index contributed by atoms with van der Waals surface area (Å²) in [7, 11) is -6.79. The molecule has 0 radical (unpaired) electrons. The lowest BCUT2D eigenvalue weighted by Crippen LogP contribution is -2.52. The van der Waals surface area contributed by atoms with E-state index in [-0.39, 0.29) is 5.56 Å². The Morgan fingerprint density at radius 2 is 1.45 bits per heavy atom. The van der Waals surface area contributed by atoms with Gasteiger partial charge in [0.15, 0.2) is 16.7 Å². The highest BCUT2D eigenvalue weighted by atomic mass is 32.2. The molecule has 1 atom stereocenters. The standard InChI is InChI=1S/C12H9F5O7S.2C2H6/c13-11(14,15)10(12(16,17)25(20,21)22)24-8(18)6-23-9(19)7-4-2-1-3-5-7;2*1-2/h1-5,10H,6H2,(H,20,21,22);2*1-2H3/p-1. The lowest BCUT2D eigenvalue weighted by molar-refractivity contribution is -0.259. The Hall–Kier alpha value is -2.28. The van der Waals surface area contributed by atoms with Crippen molar-refractivity contribution < 1.29 is 54.0 Å². The van der Waals surface area contributed by atoms with E-state index in [1.807, 2.05) is 27.7 Å². The molecule has 29 heavy (non-hydrogen) atoms. The van der Waals surface area contributed by atoms with Crippen LogP contribution in [0, 0.1) is 0 Å². The quantitative estimate of drug-likeness (QED) is 0.370. The van der Waals surface area contributed by atoms with Gasteiger partial charge in [-0.15, -0.1) is 0 Å². The molecule has 0 spiro atoms. The summed E-state index contributed by atoms with van der Waals surface area (Å²) < 4.78 is 102. The molecular weight excluding hydrogens is 431 g/mol. The van der Waals surface area contributed by atoms with Gasteiger partial charge in [-0.25, -0.2) is 18.0 Å². The van der Waals surface area contributed by atoms with E-state index >= 15 is 0 Å². The van der Waals surface area contributed by atoms with Crippen LogP contribution in [-0.2, 0) is 24.4 Å². The van der Waals surface area contributed by atoms with E-state index in [1.54, 1.807) is 0 Å². The summed E-state index contributed by atoms with van der Waals surface area (Å²) in [5.74, 6) is -3.31. The van der Waals surface area contributed by atoms with Gasteiger partial charge in [0.25, 0.3) is 6.10 Å². The van der Waals surface area contributed by atoms with Gasteiger partial charge in [0.1, 0.15) is 0 Å². The largest absolute Gasteiger partial charge is 0.743 e. The number of benzene rings is 1. The summed E-state index contributed by atoms with van der Waals surface area (Å²) in [5, 5.41) is -5.97. The third kappa shape index (κ3) is 9.17. The molecule has 13 heteroatoms. The molecule has 1 aromatic carbocycles. The summed E-state index contributed by atoms with van der Waals surface area (Å²) in [6, 6.07) is 6.77. The number of ether oxygens (including phenoxy) is 2. The molecule has 0 aromatic heterocycles. The van der Waals surface area contributed by atoms with Crippen molar-refractivity contribution in [2.45, 2.75) is 45.2 Å². The van der Waals surface area contributed by atoms with Gasteiger partial charge in [-0.3, -0.25) is 0 Å². The lowest BCUT2D eigenvalue weighted by atomic mass is 10.2. The van der Waals surface area contributed by atoms with Crippen LogP contribution in [-0.4, -0.2) is 49.1 Å². The van der Waals surface area contributed by atoms with Crippen LogP contribution in [0.15, 0.2) is 30.3 Å². The van der Waals surface area contributed by atoms with Gasteiger partial charge >= 0.3 is 23.4 Å². The first-order valence-corrected chi connectivity index (χ1v) is 9.49. The Labute approximate surface area is 164 Å². The minimum Gasteiger partial charge on any atom is -0.743 e. The van der Waals surface area contributed by atoms with E-state index in [0.29, 0.717) is 0 Å². The van der Waals surface area contributed by atoms with Crippen molar-refractivity contribution in [1.29, 1.82) is 0 Å². The first-order chi connectivity index (χ1) is 13.3. The zero-order chi connectivity index (χ0) is 23.5. The normalized spacial score (nSPS) is 12.3. The van der Waals surface area contributed by atoms with Crippen LogP contribution in [0.1, 0.15) is 38.1 Å². The van der Waals surface area contributed by atoms with E-state index in [0.717, 1.165) is 0 Å². The number of halogens is 5. The molecule has 1 rings (SSSR count). The van der Waals surface area contributed by atoms with Crippen LogP contribution in [0.2, 0.25) is 0 Å². The van der Waals surface area contributed by atoms with Crippen molar-refractivity contribution in [3.63, 3.8) is 0 Å². The third-order valence-electron chi connectivity index (χ3n) is 2.52. The van der Waals surface area contributed by atoms with Gasteiger partial charge in [-0.1, -0.05) is 45.9 Å². The second-order valence-electron chi connectivity index (χ2n) is 4.37. The highest BCUT2D eigenvalue weighted by Crippen LogP contribution is 2.37. The highest BCUT2D eigenvalue weighted by molar-refractivity contribution is 7.86. The third-order valence-corrected chi connectivity index (χ3v) is 3.40. The van der Waals surface area contributed by atoms with Gasteiger partial charge in [-0.2, -0.15) is 22.0 Å². The number of alkyl halides is 5. The molecule has 0 amide bonds. The fraction of sp³-hybridized carbons (Fsp3) is 0.500. The second-order valence-corrected chi connectivity index (χ2v) is 5.82. The molecular formula is C16H20F5O7S-. The Balaban J connectivity index is 0. The van der Waals surface area contributed by atoms with E-state index < -0.39 is 46.2 Å². The molecule has 0 bridgehead atoms. The maximum absolute atomic E-state index is 13.1. The summed E-state index contributed by atoms with van der Waals surface area (Å²) in [4.78, 5) is 22.6. The van der Waals surface area contributed by atoms with Crippen molar-refractivity contribution in [2.75, 3.05) is 6.61 Å². The number of esters is 2. The zero-order valence-electron chi connectivity index (χ0n) is 15.8. The molecule has 0 aliphatic carbocycles. The number of rotatable bonds is 6. The maximum atomic E-state index is 13.1. The van der Waals surface area contributed by atoms with Crippen molar-refractivity contribution in [3.8, 4) is 0 Å². The number of carbonyl (C=O) groups excluding carboxylic acids is 2. The van der Waals surface area contributed by atoms with Gasteiger partial charge in [0.2, 0.25) is 0 Å². The van der Waals surface area contributed by atoms with E-state index in [9.17, 15) is 44.5 Å². The monoisotopic (exact) mass is 451 g/mol. The van der Waals surface area contributed by atoms with Crippen molar-refractivity contribution in [3.05, 3.63) is 35.9 Å². The van der Waals surface area contributed by atoms with Crippen molar-refractivity contribution in [2.24, 2.45) is 0 Å². The number of hydrogen-bond acceptors (Lipinski definition) is 7. The van der Waals surface area contributed by atoms with Gasteiger partial charge in [0, 0.05) is 0 Å². The topological polar surface area (TPSA) is 110 Å². The van der Waals surface area contributed by atoms with E-state index in [1.165, 1.54) is 30.3 Å². The maximum Gasteiger partial charge on any atom is 0.432 e. The minimum atomic E-state index is -6.79. The van der Waals surface area contributed by atoms with Crippen molar-refractivity contribution >= 4 is 22.1 Å². The summed E-state index contributed by atoms with van der Waals surface area (Å²) >= 11 is 0. The SMILES string of the molecule is CC.CC.O=C(COC(=O)c1ccccc1)OC(C(F)(F)F)C(F)(F)S(=O)(=O)[O-]. The Kier molecular flexibility index (Phi) is 12.3. The molecule has 0 aliphatic rings. The molecule has 168 valence electrons. The average molecular weight is 451 g/mol. The van der Waals surface area contributed by atoms with Gasteiger partial charge in [0.05, 0.1) is 5.56 Å². The van der Waals surface area contributed by atoms with Crippen LogP contribution < -0.4 is 0 Å². The van der Waals surface area contributed by atoms with Crippen molar-refractivity contribution in [1.82, 2.24) is 0 Å². The van der Waals surface area contributed by atoms with Crippen LogP contribution in [0.4, 0.5) is 22.0 Å². The van der Waals surface area contributed by atoms with Crippen LogP contribution in [0.25, 0.3) is 0 Å². The van der Waals surface area contributed by atoms with Gasteiger partial charge < -0.3 is 14.0 Å². The Morgan fingerprint density at radius 1 is 1.00 bits per heavy atom. The number of carbonyl (C=O) groups is 2. The Morgan fingerprint density at radius 3 is 1.83 bits per heavy atom. The summed E-state index contributed by atoms with van der Waals surface area (Å²) in [6.07, 6.45) is -10.6. The fourth-order valence-electron chi connectivity index (χ4n) is 1.40. The molecule has 1 unspecified atom stereocenters. The number of hydrogen-bond donors (Lipinski definition) is 0. The first kappa shape index (κ1) is 28.9. The molecule has 7 nitrogen and oxygen atoms in total. The predicted molar refractivity (Wildman–Crippen MR) is 90.0 cm³/mol. The molecule has 0 aliphatic heterocycles. The highest BCUT2D eigenvalue weighted by Gasteiger charge is 2.62. The first-order valence-electron chi connectivity index (χ1n) is 8.08. The molecule has 0 saturated carbocycles. The smallest absolute Gasteiger partial charge is 0.432 e.